The Morgan fingerprint density at radius 1 is 1.11 bits per heavy atom. The van der Waals surface area contributed by atoms with E-state index in [2.05, 4.69) is 28.3 Å². The van der Waals surface area contributed by atoms with Crippen LogP contribution in [0.15, 0.2) is 18.2 Å². The van der Waals surface area contributed by atoms with Crippen LogP contribution in [-0.4, -0.2) is 19.0 Å². The maximum absolute atomic E-state index is 11.6. The Morgan fingerprint density at radius 3 is 2.58 bits per heavy atom. The van der Waals surface area contributed by atoms with Crippen LogP contribution in [0.2, 0.25) is 0 Å². The van der Waals surface area contributed by atoms with Crippen molar-refractivity contribution < 1.29 is 9.59 Å². The number of rotatable bonds is 2. The van der Waals surface area contributed by atoms with E-state index in [1.54, 1.807) is 0 Å². The molecular formula is C14H19N3O2. The van der Waals surface area contributed by atoms with Gasteiger partial charge in [0.2, 0.25) is 5.91 Å². The Morgan fingerprint density at radius 2 is 1.84 bits per heavy atom. The minimum atomic E-state index is -0.432. The first-order chi connectivity index (χ1) is 9.19. The molecule has 0 bridgehead atoms. The first-order valence-electron chi connectivity index (χ1n) is 6.56. The third-order valence-electron chi connectivity index (χ3n) is 3.32. The van der Waals surface area contributed by atoms with E-state index in [1.165, 1.54) is 31.0 Å². The second-order valence-corrected chi connectivity index (χ2v) is 4.74. The van der Waals surface area contributed by atoms with Crippen molar-refractivity contribution >= 4 is 11.9 Å². The molecule has 1 aromatic rings. The minimum absolute atomic E-state index is 0.223. The summed E-state index contributed by atoms with van der Waals surface area (Å²) in [4.78, 5) is 22.6. The average molecular weight is 261 g/mol. The number of fused-ring (bicyclic) bond motifs is 1. The van der Waals surface area contributed by atoms with Gasteiger partial charge in [0.1, 0.15) is 0 Å². The van der Waals surface area contributed by atoms with Crippen LogP contribution in [0.3, 0.4) is 0 Å². The Balaban J connectivity index is 1.92. The van der Waals surface area contributed by atoms with E-state index in [-0.39, 0.29) is 12.3 Å². The van der Waals surface area contributed by atoms with Crippen molar-refractivity contribution in [2.75, 3.05) is 7.05 Å². The molecule has 0 aliphatic heterocycles. The van der Waals surface area contributed by atoms with Crippen LogP contribution in [-0.2, 0) is 24.1 Å². The number of hydrogen-bond acceptors (Lipinski definition) is 2. The lowest BCUT2D eigenvalue weighted by molar-refractivity contribution is -0.121. The molecule has 5 nitrogen and oxygen atoms in total. The van der Waals surface area contributed by atoms with Gasteiger partial charge in [-0.1, -0.05) is 18.2 Å². The van der Waals surface area contributed by atoms with Gasteiger partial charge in [-0.2, -0.15) is 0 Å². The van der Waals surface area contributed by atoms with Crippen molar-refractivity contribution in [2.45, 2.75) is 32.1 Å². The highest BCUT2D eigenvalue weighted by molar-refractivity contribution is 5.82. The van der Waals surface area contributed by atoms with Gasteiger partial charge in [0, 0.05) is 7.05 Å². The maximum atomic E-state index is 11.6. The Kier molecular flexibility index (Phi) is 4.39. The number of carbonyl (C=O) groups is 2. The highest BCUT2D eigenvalue weighted by Crippen LogP contribution is 2.22. The molecule has 0 radical (unpaired) electrons. The van der Waals surface area contributed by atoms with Crippen molar-refractivity contribution in [1.29, 1.82) is 0 Å². The number of aryl methyl sites for hydroxylation is 2. The smallest absolute Gasteiger partial charge is 0.333 e. The predicted octanol–water partition coefficient (Wildman–Crippen LogP) is 1.07. The fraction of sp³-hybridized carbons (Fsp3) is 0.429. The van der Waals surface area contributed by atoms with Crippen LogP contribution in [0.4, 0.5) is 4.79 Å². The van der Waals surface area contributed by atoms with Gasteiger partial charge in [0.25, 0.3) is 0 Å². The quantitative estimate of drug-likeness (QED) is 0.697. The number of amides is 3. The van der Waals surface area contributed by atoms with Crippen LogP contribution in [0, 0.1) is 0 Å². The van der Waals surface area contributed by atoms with Crippen molar-refractivity contribution in [2.24, 2.45) is 0 Å². The van der Waals surface area contributed by atoms with Gasteiger partial charge >= 0.3 is 6.03 Å². The molecule has 1 aliphatic carbocycles. The topological polar surface area (TPSA) is 70.2 Å². The molecule has 0 spiro atoms. The second-order valence-electron chi connectivity index (χ2n) is 4.74. The number of carbonyl (C=O) groups excluding carboxylic acids is 2. The van der Waals surface area contributed by atoms with Gasteiger partial charge in [-0.15, -0.1) is 0 Å². The maximum Gasteiger partial charge on any atom is 0.333 e. The molecule has 0 fully saturated rings. The van der Waals surface area contributed by atoms with E-state index in [9.17, 15) is 9.59 Å². The standard InChI is InChI=1S/C14H19N3O2/c1-15-14(19)17-16-13(18)9-10-6-7-11-4-2-3-5-12(11)8-10/h6-8H,2-5,9H2,1H3,(H,16,18)(H2,15,17,19). The highest BCUT2D eigenvalue weighted by Gasteiger charge is 2.11. The monoisotopic (exact) mass is 261 g/mol. The minimum Gasteiger partial charge on any atom is -0.340 e. The summed E-state index contributed by atoms with van der Waals surface area (Å²) in [5.41, 5.74) is 8.37. The summed E-state index contributed by atoms with van der Waals surface area (Å²) in [5, 5.41) is 2.36. The largest absolute Gasteiger partial charge is 0.340 e. The van der Waals surface area contributed by atoms with E-state index >= 15 is 0 Å². The SMILES string of the molecule is CNC(=O)NNC(=O)Cc1ccc2c(c1)CCCC2. The number of hydrogen-bond donors (Lipinski definition) is 3. The fourth-order valence-electron chi connectivity index (χ4n) is 2.32. The molecule has 0 saturated heterocycles. The molecular weight excluding hydrogens is 242 g/mol. The van der Waals surface area contributed by atoms with E-state index in [0.29, 0.717) is 0 Å². The average Bonchev–Trinajstić information content (AvgIpc) is 2.44. The second kappa shape index (κ2) is 6.22. The summed E-state index contributed by atoms with van der Waals surface area (Å²) in [6, 6.07) is 5.78. The first kappa shape index (κ1) is 13.4. The zero-order valence-electron chi connectivity index (χ0n) is 11.1. The van der Waals surface area contributed by atoms with Gasteiger partial charge < -0.3 is 5.32 Å². The van der Waals surface area contributed by atoms with Crippen LogP contribution in [0.25, 0.3) is 0 Å². The van der Waals surface area contributed by atoms with Crippen LogP contribution < -0.4 is 16.2 Å². The molecule has 0 aromatic heterocycles. The third kappa shape index (κ3) is 3.71. The summed E-state index contributed by atoms with van der Waals surface area (Å²) in [7, 11) is 1.49. The van der Waals surface area contributed by atoms with Gasteiger partial charge in [-0.05, 0) is 42.4 Å². The van der Waals surface area contributed by atoms with E-state index in [1.807, 2.05) is 6.07 Å². The van der Waals surface area contributed by atoms with Gasteiger partial charge in [0.05, 0.1) is 6.42 Å². The zero-order chi connectivity index (χ0) is 13.7. The molecule has 1 aliphatic rings. The van der Waals surface area contributed by atoms with Gasteiger partial charge in [-0.3, -0.25) is 10.2 Å². The van der Waals surface area contributed by atoms with Gasteiger partial charge in [0.15, 0.2) is 0 Å². The highest BCUT2D eigenvalue weighted by atomic mass is 16.2. The summed E-state index contributed by atoms with van der Waals surface area (Å²) >= 11 is 0. The number of nitrogens with one attached hydrogen (secondary N) is 3. The van der Waals surface area contributed by atoms with E-state index in [4.69, 9.17) is 0 Å². The molecule has 3 N–H and O–H groups in total. The van der Waals surface area contributed by atoms with E-state index < -0.39 is 6.03 Å². The molecule has 19 heavy (non-hydrogen) atoms. The number of hydrazine groups is 1. The number of benzene rings is 1. The first-order valence-corrected chi connectivity index (χ1v) is 6.56. The van der Waals surface area contributed by atoms with Crippen molar-refractivity contribution in [3.63, 3.8) is 0 Å². The fourth-order valence-corrected chi connectivity index (χ4v) is 2.32. The van der Waals surface area contributed by atoms with Crippen molar-refractivity contribution in [1.82, 2.24) is 16.2 Å². The van der Waals surface area contributed by atoms with Crippen LogP contribution in [0.5, 0.6) is 0 Å². The molecule has 2 rings (SSSR count). The lowest BCUT2D eigenvalue weighted by Crippen LogP contribution is -2.46. The molecule has 0 atom stereocenters. The lowest BCUT2D eigenvalue weighted by atomic mass is 9.90. The zero-order valence-corrected chi connectivity index (χ0v) is 11.1. The lowest BCUT2D eigenvalue weighted by Gasteiger charge is -2.16. The molecule has 3 amide bonds. The Labute approximate surface area is 112 Å². The van der Waals surface area contributed by atoms with Crippen LogP contribution in [0.1, 0.15) is 29.5 Å². The summed E-state index contributed by atoms with van der Waals surface area (Å²) in [6.07, 6.45) is 4.99. The van der Waals surface area contributed by atoms with Crippen molar-refractivity contribution in [3.05, 3.63) is 34.9 Å². The van der Waals surface area contributed by atoms with Crippen molar-refractivity contribution in [3.8, 4) is 0 Å². The summed E-state index contributed by atoms with van der Waals surface area (Å²) in [6.45, 7) is 0. The molecule has 0 saturated carbocycles. The normalized spacial score (nSPS) is 13.3. The Bertz CT molecular complexity index is 486. The molecule has 5 heteroatoms. The number of urea groups is 1. The molecule has 1 aromatic carbocycles. The van der Waals surface area contributed by atoms with Gasteiger partial charge in [-0.25, -0.2) is 10.2 Å². The summed E-state index contributed by atoms with van der Waals surface area (Å²) < 4.78 is 0. The third-order valence-corrected chi connectivity index (χ3v) is 3.32. The Hall–Kier alpha value is -2.04. The molecule has 0 unspecified atom stereocenters. The molecule has 102 valence electrons. The van der Waals surface area contributed by atoms with E-state index in [0.717, 1.165) is 18.4 Å². The van der Waals surface area contributed by atoms with Crippen LogP contribution >= 0.6 is 0 Å². The predicted molar refractivity (Wildman–Crippen MR) is 72.5 cm³/mol. The summed E-state index contributed by atoms with van der Waals surface area (Å²) in [5.74, 6) is -0.223. The molecule has 0 heterocycles.